The molecule has 0 aliphatic heterocycles. The first-order chi connectivity index (χ1) is 33.6. The second-order valence-electron chi connectivity index (χ2n) is 18.8. The summed E-state index contributed by atoms with van der Waals surface area (Å²) in [6.45, 7) is 5.34. The summed E-state index contributed by atoms with van der Waals surface area (Å²) in [6, 6.07) is 0. The average Bonchev–Trinajstić information content (AvgIpc) is 3.31. The van der Waals surface area contributed by atoms with E-state index >= 15 is 0 Å². The van der Waals surface area contributed by atoms with Gasteiger partial charge in [0.1, 0.15) is 19.3 Å². The Morgan fingerprint density at radius 3 is 1.19 bits per heavy atom. The Hall–Kier alpha value is -3.10. The van der Waals surface area contributed by atoms with E-state index < -0.39 is 13.9 Å². The third-order valence-corrected chi connectivity index (χ3v) is 12.0. The molecule has 0 amide bonds. The molecule has 0 aromatic carbocycles. The van der Waals surface area contributed by atoms with Gasteiger partial charge in [-0.25, -0.2) is 4.57 Å². The Balaban J connectivity index is 4.20. The van der Waals surface area contributed by atoms with E-state index in [0.717, 1.165) is 109 Å². The smallest absolute Gasteiger partial charge is 0.457 e. The lowest BCUT2D eigenvalue weighted by molar-refractivity contribution is -0.870. The summed E-state index contributed by atoms with van der Waals surface area (Å²) in [6.07, 6.45) is 73.9. The largest absolute Gasteiger partial charge is 0.472 e. The highest BCUT2D eigenvalue weighted by Crippen LogP contribution is 2.43. The second kappa shape index (κ2) is 51.3. The zero-order valence-electron chi connectivity index (χ0n) is 44.8. The fourth-order valence-electron chi connectivity index (χ4n) is 6.90. The Morgan fingerprint density at radius 1 is 0.449 bits per heavy atom. The van der Waals surface area contributed by atoms with Gasteiger partial charge in [0.05, 0.1) is 34.4 Å². The normalized spacial score (nSPS) is 14.5. The fraction of sp³-hybridized carbons (Fsp3) is 0.650. The van der Waals surface area contributed by atoms with Crippen LogP contribution in [0.2, 0.25) is 0 Å². The van der Waals surface area contributed by atoms with Gasteiger partial charge in [-0.05, 0) is 103 Å². The second-order valence-corrected chi connectivity index (χ2v) is 20.3. The van der Waals surface area contributed by atoms with Crippen molar-refractivity contribution < 1.29 is 37.3 Å². The number of carbonyl (C=O) groups excluding carboxylic acids is 1. The van der Waals surface area contributed by atoms with Crippen LogP contribution in [0.25, 0.3) is 0 Å². The number of allylic oxidation sites excluding steroid dienone is 20. The molecule has 1 N–H and O–H groups in total. The Morgan fingerprint density at radius 2 is 0.797 bits per heavy atom. The lowest BCUT2D eigenvalue weighted by Crippen LogP contribution is -2.37. The van der Waals surface area contributed by atoms with Gasteiger partial charge >= 0.3 is 13.8 Å². The van der Waals surface area contributed by atoms with E-state index in [9.17, 15) is 14.3 Å². The van der Waals surface area contributed by atoms with Gasteiger partial charge < -0.3 is 18.9 Å². The lowest BCUT2D eigenvalue weighted by atomic mass is 10.1. The standard InChI is InChI=1S/C60H102NO7P/c1-6-8-10-12-14-16-18-20-22-24-26-28-30-31-32-33-35-37-39-41-43-45-47-49-51-53-60(62)68-59(58-67-69(63,64)66-56-54-61(3,4)5)57-65-55-52-50-48-46-44-42-40-38-36-34-29-27-25-23-21-19-17-15-13-11-9-7-2/h8-11,14-17,20-23,26-29,31-32,35,37,59H,6-7,12-13,18-19,24-25,30,33-34,36,38-58H2,1-5H3/p+1/b10-8-,11-9-,16-14-,17-15-,22-20-,23-21-,28-26-,29-27-,32-31-,37-35-. The first-order valence-corrected chi connectivity index (χ1v) is 28.8. The van der Waals surface area contributed by atoms with Gasteiger partial charge in [-0.2, -0.15) is 0 Å². The van der Waals surface area contributed by atoms with Crippen LogP contribution in [0.5, 0.6) is 0 Å². The van der Waals surface area contributed by atoms with Crippen molar-refractivity contribution in [3.8, 4) is 0 Å². The number of unbranched alkanes of at least 4 members (excludes halogenated alkanes) is 15. The van der Waals surface area contributed by atoms with Crippen molar-refractivity contribution in [1.29, 1.82) is 0 Å². The summed E-state index contributed by atoms with van der Waals surface area (Å²) in [5.74, 6) is -0.335. The number of phosphoric acid groups is 1. The monoisotopic (exact) mass is 981 g/mol. The number of nitrogens with zero attached hydrogens (tertiary/aromatic N) is 1. The fourth-order valence-corrected chi connectivity index (χ4v) is 7.64. The van der Waals surface area contributed by atoms with E-state index in [1.54, 1.807) is 0 Å². The van der Waals surface area contributed by atoms with E-state index in [0.29, 0.717) is 24.1 Å². The number of carbonyl (C=O) groups is 1. The summed E-state index contributed by atoms with van der Waals surface area (Å²) >= 11 is 0. The third-order valence-electron chi connectivity index (χ3n) is 11.0. The van der Waals surface area contributed by atoms with Crippen molar-refractivity contribution in [1.82, 2.24) is 0 Å². The van der Waals surface area contributed by atoms with Crippen LogP contribution in [-0.4, -0.2) is 75.6 Å². The van der Waals surface area contributed by atoms with Crippen molar-refractivity contribution in [2.45, 2.75) is 200 Å². The number of quaternary nitrogens is 1. The molecule has 2 atom stereocenters. The van der Waals surface area contributed by atoms with Gasteiger partial charge in [-0.15, -0.1) is 0 Å². The van der Waals surface area contributed by atoms with Gasteiger partial charge in [-0.3, -0.25) is 13.8 Å². The molecule has 0 aromatic heterocycles. The van der Waals surface area contributed by atoms with Crippen molar-refractivity contribution >= 4 is 13.8 Å². The first-order valence-electron chi connectivity index (χ1n) is 27.3. The minimum absolute atomic E-state index is 0.0768. The molecule has 0 heterocycles. The van der Waals surface area contributed by atoms with Gasteiger partial charge in [0.25, 0.3) is 0 Å². The molecule has 0 rings (SSSR count). The van der Waals surface area contributed by atoms with Crippen LogP contribution in [0.15, 0.2) is 122 Å². The van der Waals surface area contributed by atoms with Crippen molar-refractivity contribution in [3.63, 3.8) is 0 Å². The van der Waals surface area contributed by atoms with Crippen LogP contribution in [0.4, 0.5) is 0 Å². The molecule has 0 fully saturated rings. The number of hydrogen-bond acceptors (Lipinski definition) is 6. The molecule has 69 heavy (non-hydrogen) atoms. The Kier molecular flexibility index (Phi) is 49.0. The highest BCUT2D eigenvalue weighted by molar-refractivity contribution is 7.47. The molecule has 0 spiro atoms. The quantitative estimate of drug-likeness (QED) is 0.0213. The molecule has 0 aliphatic rings. The number of rotatable bonds is 49. The number of ether oxygens (including phenoxy) is 2. The lowest BCUT2D eigenvalue weighted by Gasteiger charge is -2.24. The molecule has 9 heteroatoms. The molecular weight excluding hydrogens is 878 g/mol. The van der Waals surface area contributed by atoms with E-state index in [1.165, 1.54) is 64.2 Å². The maximum atomic E-state index is 12.8. The predicted molar refractivity (Wildman–Crippen MR) is 297 cm³/mol. The molecule has 0 aliphatic carbocycles. The Bertz CT molecular complexity index is 1510. The summed E-state index contributed by atoms with van der Waals surface area (Å²) in [5.41, 5.74) is 0. The van der Waals surface area contributed by atoms with E-state index in [1.807, 2.05) is 21.1 Å². The van der Waals surface area contributed by atoms with E-state index in [-0.39, 0.29) is 25.8 Å². The molecular formula is C60H103NO7P+. The molecule has 0 saturated carbocycles. The third kappa shape index (κ3) is 55.7. The SMILES string of the molecule is CC/C=C\C/C=C\C/C=C\C/C=C\C/C=C\C/C=C\CCCCCCCCC(=O)OC(COCCCCCCCCCCC/C=C\C/C=C\C/C=C\C/C=C\CC)COP(=O)(O)OCC[N+](C)(C)C. The summed E-state index contributed by atoms with van der Waals surface area (Å²) in [7, 11) is 1.63. The zero-order chi connectivity index (χ0) is 50.5. The minimum atomic E-state index is -4.30. The van der Waals surface area contributed by atoms with Crippen molar-refractivity contribution in [2.75, 3.05) is 54.1 Å². The topological polar surface area (TPSA) is 91.3 Å². The van der Waals surface area contributed by atoms with Crippen LogP contribution in [0, 0.1) is 0 Å². The Labute approximate surface area is 424 Å². The van der Waals surface area contributed by atoms with E-state index in [4.69, 9.17) is 18.5 Å². The first kappa shape index (κ1) is 65.9. The number of likely N-dealkylation sites (N-methyl/N-ethyl adjacent to an activating group) is 1. The average molecular weight is 981 g/mol. The van der Waals surface area contributed by atoms with E-state index in [2.05, 4.69) is 135 Å². The van der Waals surface area contributed by atoms with Gasteiger partial charge in [0, 0.05) is 13.0 Å². The van der Waals surface area contributed by atoms with Crippen molar-refractivity contribution in [3.05, 3.63) is 122 Å². The molecule has 0 aromatic rings. The molecule has 0 bridgehead atoms. The number of esters is 1. The summed E-state index contributed by atoms with van der Waals surface area (Å²) < 4.78 is 35.2. The summed E-state index contributed by atoms with van der Waals surface area (Å²) in [4.78, 5) is 23.1. The maximum Gasteiger partial charge on any atom is 0.472 e. The van der Waals surface area contributed by atoms with Gasteiger partial charge in [0.15, 0.2) is 0 Å². The van der Waals surface area contributed by atoms with Crippen molar-refractivity contribution in [2.24, 2.45) is 0 Å². The molecule has 0 radical (unpaired) electrons. The zero-order valence-corrected chi connectivity index (χ0v) is 45.6. The van der Waals surface area contributed by atoms with Crippen LogP contribution in [-0.2, 0) is 27.9 Å². The summed E-state index contributed by atoms with van der Waals surface area (Å²) in [5, 5.41) is 0. The number of hydrogen-bond donors (Lipinski definition) is 1. The van der Waals surface area contributed by atoms with Gasteiger partial charge in [0.2, 0.25) is 0 Å². The maximum absolute atomic E-state index is 12.8. The van der Waals surface area contributed by atoms with Crippen LogP contribution in [0.3, 0.4) is 0 Å². The highest BCUT2D eigenvalue weighted by Gasteiger charge is 2.26. The van der Waals surface area contributed by atoms with Crippen LogP contribution < -0.4 is 0 Å². The van der Waals surface area contributed by atoms with Crippen LogP contribution in [0.1, 0.15) is 194 Å². The van der Waals surface area contributed by atoms with Gasteiger partial charge in [-0.1, -0.05) is 206 Å². The highest BCUT2D eigenvalue weighted by atomic mass is 31.2. The molecule has 8 nitrogen and oxygen atoms in total. The molecule has 2 unspecified atom stereocenters. The molecule has 0 saturated heterocycles. The predicted octanol–water partition coefficient (Wildman–Crippen LogP) is 17.3. The molecule has 394 valence electrons. The van der Waals surface area contributed by atoms with Crippen LogP contribution >= 0.6 is 7.82 Å². The minimum Gasteiger partial charge on any atom is -0.457 e. The number of phosphoric ester groups is 1.